The third-order valence-electron chi connectivity index (χ3n) is 8.85. The second-order valence-corrected chi connectivity index (χ2v) is 10.5. The molecule has 5 atom stereocenters. The van der Waals surface area contributed by atoms with Crippen LogP contribution in [0, 0.1) is 40.2 Å². The van der Waals surface area contributed by atoms with E-state index >= 15 is 0 Å². The molecule has 32 heavy (non-hydrogen) atoms. The van der Waals surface area contributed by atoms with Gasteiger partial charge in [-0.1, -0.05) is 6.92 Å². The van der Waals surface area contributed by atoms with E-state index in [0.29, 0.717) is 48.0 Å². The zero-order valence-electron chi connectivity index (χ0n) is 18.2. The topological polar surface area (TPSA) is 73.2 Å². The van der Waals surface area contributed by atoms with Crippen LogP contribution in [0.1, 0.15) is 51.5 Å². The van der Waals surface area contributed by atoms with E-state index < -0.39 is 17.0 Å². The number of halogens is 2. The first-order valence-corrected chi connectivity index (χ1v) is 11.5. The summed E-state index contributed by atoms with van der Waals surface area (Å²) in [5, 5.41) is 3.30. The molecule has 1 amide bonds. The van der Waals surface area contributed by atoms with Gasteiger partial charge in [0.2, 0.25) is 5.91 Å². The van der Waals surface area contributed by atoms with Gasteiger partial charge in [0.1, 0.15) is 0 Å². The fraction of sp³-hybridized carbons (Fsp3) is 0.625. The van der Waals surface area contributed by atoms with Gasteiger partial charge >= 0.3 is 5.97 Å². The molecule has 1 aromatic carbocycles. The summed E-state index contributed by atoms with van der Waals surface area (Å²) in [7, 11) is 1.41. The number of hydrogen-bond donors (Lipinski definition) is 1. The lowest BCUT2D eigenvalue weighted by Gasteiger charge is -2.67. The van der Waals surface area contributed by atoms with Crippen molar-refractivity contribution in [3.8, 4) is 0 Å². The van der Waals surface area contributed by atoms with Crippen LogP contribution in [0.2, 0.25) is 0 Å². The number of rotatable bonds is 6. The summed E-state index contributed by atoms with van der Waals surface area (Å²) < 4.78 is 34.1. The number of fused-ring (bicyclic) bond motifs is 2. The molecule has 5 saturated carbocycles. The molecule has 0 radical (unpaired) electrons. The molecule has 0 spiro atoms. The summed E-state index contributed by atoms with van der Waals surface area (Å²) in [5.74, 6) is -0.293. The molecule has 2 unspecified atom stereocenters. The van der Waals surface area contributed by atoms with Gasteiger partial charge in [-0.25, -0.2) is 13.8 Å². The van der Waals surface area contributed by atoms with Crippen LogP contribution in [0.25, 0.3) is 11.0 Å². The summed E-state index contributed by atoms with van der Waals surface area (Å²) >= 11 is 0. The summed E-state index contributed by atoms with van der Waals surface area (Å²) in [6, 6.07) is 2.76. The van der Waals surface area contributed by atoms with Gasteiger partial charge in [-0.2, -0.15) is 0 Å². The first-order valence-electron chi connectivity index (χ1n) is 11.5. The van der Waals surface area contributed by atoms with Crippen molar-refractivity contribution in [2.75, 3.05) is 7.11 Å². The zero-order chi connectivity index (χ0) is 22.4. The maximum atomic E-state index is 13.8. The smallest absolute Gasteiger partial charge is 0.311 e. The molecule has 1 heterocycles. The van der Waals surface area contributed by atoms with Gasteiger partial charge in [-0.05, 0) is 56.3 Å². The van der Waals surface area contributed by atoms with Gasteiger partial charge in [0, 0.05) is 24.2 Å². The quantitative estimate of drug-likeness (QED) is 0.691. The molecule has 5 aliphatic carbocycles. The van der Waals surface area contributed by atoms with Crippen molar-refractivity contribution in [1.82, 2.24) is 14.9 Å². The molecule has 5 aliphatic rings. The number of carbonyl (C=O) groups excluding carboxylic acids is 2. The Morgan fingerprint density at radius 3 is 2.47 bits per heavy atom. The normalized spacial score (nSPS) is 37.2. The molecule has 2 bridgehead atoms. The van der Waals surface area contributed by atoms with Crippen molar-refractivity contribution in [3.63, 3.8) is 0 Å². The molecule has 2 aromatic rings. The number of imidazole rings is 1. The number of esters is 1. The van der Waals surface area contributed by atoms with E-state index in [1.165, 1.54) is 13.2 Å². The van der Waals surface area contributed by atoms with Crippen molar-refractivity contribution in [1.29, 1.82) is 0 Å². The van der Waals surface area contributed by atoms with Crippen LogP contribution in [0.3, 0.4) is 0 Å². The summed E-state index contributed by atoms with van der Waals surface area (Å²) in [6.07, 6.45) is 6.32. The minimum Gasteiger partial charge on any atom is -0.469 e. The second-order valence-electron chi connectivity index (χ2n) is 10.5. The Morgan fingerprint density at radius 1 is 1.19 bits per heavy atom. The first kappa shape index (κ1) is 20.1. The number of carbonyl (C=O) groups is 2. The molecule has 1 aromatic heterocycles. The molecule has 0 aliphatic heterocycles. The lowest BCUT2D eigenvalue weighted by molar-refractivity contribution is -0.223. The van der Waals surface area contributed by atoms with Crippen molar-refractivity contribution in [2.45, 2.75) is 57.5 Å². The summed E-state index contributed by atoms with van der Waals surface area (Å²) in [5.41, 5.74) is 0.328. The Labute approximate surface area is 184 Å². The van der Waals surface area contributed by atoms with E-state index in [4.69, 9.17) is 4.74 Å². The van der Waals surface area contributed by atoms with Gasteiger partial charge in [0.05, 0.1) is 35.3 Å². The highest BCUT2D eigenvalue weighted by molar-refractivity contribution is 5.94. The van der Waals surface area contributed by atoms with E-state index in [2.05, 4.69) is 17.2 Å². The number of nitrogens with zero attached hydrogens (tertiary/aromatic N) is 2. The van der Waals surface area contributed by atoms with Crippen molar-refractivity contribution in [3.05, 3.63) is 30.1 Å². The molecule has 1 N–H and O–H groups in total. The number of ether oxygens (including phenoxy) is 1. The van der Waals surface area contributed by atoms with Gasteiger partial charge in [-0.3, -0.25) is 9.59 Å². The molecular formula is C24H27F2N3O3. The number of methoxy groups -OCH3 is 1. The predicted molar refractivity (Wildman–Crippen MR) is 111 cm³/mol. The zero-order valence-corrected chi connectivity index (χ0v) is 18.2. The average Bonchev–Trinajstić information content (AvgIpc) is 3.02. The maximum absolute atomic E-state index is 13.8. The fourth-order valence-corrected chi connectivity index (χ4v) is 7.25. The molecule has 170 valence electrons. The van der Waals surface area contributed by atoms with Crippen LogP contribution >= 0.6 is 0 Å². The van der Waals surface area contributed by atoms with Crippen LogP contribution in [0.4, 0.5) is 8.78 Å². The third-order valence-corrected chi connectivity index (χ3v) is 8.85. The summed E-state index contributed by atoms with van der Waals surface area (Å²) in [6.45, 7) is 2.11. The van der Waals surface area contributed by atoms with E-state index in [0.717, 1.165) is 25.3 Å². The van der Waals surface area contributed by atoms with E-state index in [1.54, 1.807) is 6.33 Å². The number of benzene rings is 1. The largest absolute Gasteiger partial charge is 0.469 e. The van der Waals surface area contributed by atoms with E-state index in [9.17, 15) is 18.4 Å². The molecule has 8 heteroatoms. The SMILES string of the molecule is CC[C@@H](NC(=O)C12CC(C(=O)OC)(C1)C2)C1[C@H]2CC(n3cnc4cc(F)c(F)cc43)C[C@@H]12. The van der Waals surface area contributed by atoms with Gasteiger partial charge in [0.15, 0.2) is 11.6 Å². The first-order chi connectivity index (χ1) is 15.3. The van der Waals surface area contributed by atoms with Gasteiger partial charge < -0.3 is 14.6 Å². The molecule has 0 saturated heterocycles. The number of amides is 1. The Bertz CT molecular complexity index is 1110. The molecular weight excluding hydrogens is 416 g/mol. The Kier molecular flexibility index (Phi) is 4.10. The van der Waals surface area contributed by atoms with Crippen LogP contribution in [-0.4, -0.2) is 34.6 Å². The van der Waals surface area contributed by atoms with Gasteiger partial charge in [-0.15, -0.1) is 0 Å². The fourth-order valence-electron chi connectivity index (χ4n) is 7.25. The Morgan fingerprint density at radius 2 is 1.84 bits per heavy atom. The molecule has 7 rings (SSSR count). The molecule has 5 fully saturated rings. The number of aromatic nitrogens is 2. The predicted octanol–water partition coefficient (Wildman–Crippen LogP) is 3.75. The Hall–Kier alpha value is -2.51. The van der Waals surface area contributed by atoms with Crippen LogP contribution in [0.5, 0.6) is 0 Å². The standard InChI is InChI=1S/C24H27F2N3O3/c1-3-17(28-21(30)23-8-24(9-23,10-23)22(31)32-2)20-13-4-12(5-14(13)20)29-11-27-18-6-15(25)16(26)7-19(18)29/h6-7,11-14,17,20H,3-5,8-10H2,1-2H3,(H,28,30)/t12?,13-,14+,17-,20?,23?,24?/m1/s1. The number of hydrogen-bond acceptors (Lipinski definition) is 4. The summed E-state index contributed by atoms with van der Waals surface area (Å²) in [4.78, 5) is 29.1. The second kappa shape index (κ2) is 6.51. The van der Waals surface area contributed by atoms with E-state index in [1.807, 2.05) is 4.57 Å². The van der Waals surface area contributed by atoms with Crippen molar-refractivity contribution < 1.29 is 23.1 Å². The monoisotopic (exact) mass is 443 g/mol. The minimum absolute atomic E-state index is 0.0924. The van der Waals surface area contributed by atoms with Crippen LogP contribution < -0.4 is 5.32 Å². The van der Waals surface area contributed by atoms with Crippen molar-refractivity contribution in [2.24, 2.45) is 28.6 Å². The van der Waals surface area contributed by atoms with Crippen LogP contribution in [-0.2, 0) is 14.3 Å². The minimum atomic E-state index is -0.875. The highest BCUT2D eigenvalue weighted by atomic mass is 19.2. The lowest BCUT2D eigenvalue weighted by Crippen LogP contribution is -2.71. The highest BCUT2D eigenvalue weighted by Gasteiger charge is 2.75. The average molecular weight is 443 g/mol. The highest BCUT2D eigenvalue weighted by Crippen LogP contribution is 2.74. The van der Waals surface area contributed by atoms with E-state index in [-0.39, 0.29) is 29.4 Å². The van der Waals surface area contributed by atoms with Gasteiger partial charge in [0.25, 0.3) is 0 Å². The molecule has 6 nitrogen and oxygen atoms in total. The lowest BCUT2D eigenvalue weighted by atomic mass is 9.35. The maximum Gasteiger partial charge on any atom is 0.311 e. The third kappa shape index (κ3) is 2.58. The van der Waals surface area contributed by atoms with Crippen molar-refractivity contribution >= 4 is 22.9 Å². The number of nitrogens with one attached hydrogen (secondary N) is 1. The Balaban J connectivity index is 1.09. The van der Waals surface area contributed by atoms with Crippen LogP contribution in [0.15, 0.2) is 18.5 Å².